The lowest BCUT2D eigenvalue weighted by atomic mass is 10.2. The van der Waals surface area contributed by atoms with Crippen molar-refractivity contribution in [3.63, 3.8) is 0 Å². The quantitative estimate of drug-likeness (QED) is 0.458. The molecule has 0 bridgehead atoms. The molecule has 1 heterocycles. The summed E-state index contributed by atoms with van der Waals surface area (Å²) in [5.74, 6) is 1.55. The maximum atomic E-state index is 6.01. The van der Waals surface area contributed by atoms with Crippen LogP contribution in [0.15, 0.2) is 80.6 Å². The lowest BCUT2D eigenvalue weighted by Crippen LogP contribution is -2.34. The summed E-state index contributed by atoms with van der Waals surface area (Å²) in [6.07, 6.45) is 0.0176. The lowest BCUT2D eigenvalue weighted by Gasteiger charge is -2.23. The smallest absolute Gasteiger partial charge is 0.224 e. The van der Waals surface area contributed by atoms with E-state index in [1.807, 2.05) is 79.5 Å². The van der Waals surface area contributed by atoms with Crippen LogP contribution in [0.2, 0.25) is 0 Å². The molecule has 9 heteroatoms. The molecule has 0 amide bonds. The Kier molecular flexibility index (Phi) is 6.99. The van der Waals surface area contributed by atoms with Crippen molar-refractivity contribution in [2.24, 2.45) is 31.4 Å². The first-order chi connectivity index (χ1) is 14.5. The molecule has 9 nitrogen and oxygen atoms in total. The van der Waals surface area contributed by atoms with Crippen molar-refractivity contribution in [1.29, 1.82) is 0 Å². The van der Waals surface area contributed by atoms with E-state index in [4.69, 9.17) is 11.5 Å². The highest BCUT2D eigenvalue weighted by Gasteiger charge is 2.20. The molecule has 0 spiro atoms. The van der Waals surface area contributed by atoms with E-state index in [0.29, 0.717) is 12.4 Å². The highest BCUT2D eigenvalue weighted by atomic mass is 15.3. The summed E-state index contributed by atoms with van der Waals surface area (Å²) in [7, 11) is 1.93. The third kappa shape index (κ3) is 6.06. The van der Waals surface area contributed by atoms with Crippen LogP contribution in [0.1, 0.15) is 13.3 Å². The van der Waals surface area contributed by atoms with Crippen molar-refractivity contribution >= 4 is 35.1 Å². The maximum Gasteiger partial charge on any atom is 0.224 e. The molecule has 0 aromatic heterocycles. The standard InChI is InChI=1S/C21H27N9/c1-3-30(2)21-27-17(24-15-10-6-4-7-11-15)14-18(28-21)26-20(23)29-19(22)25-16-12-8-5-9-13-16/h4-13,18H,3,14H2,1-2H3,(H,24,27,28)(H5,22,23,25,26,29). The molecule has 6 N–H and O–H groups in total. The Morgan fingerprint density at radius 1 is 1.07 bits per heavy atom. The lowest BCUT2D eigenvalue weighted by molar-refractivity contribution is 0.516. The van der Waals surface area contributed by atoms with Gasteiger partial charge in [-0.05, 0) is 31.2 Å². The third-order valence-electron chi connectivity index (χ3n) is 4.32. The van der Waals surface area contributed by atoms with Gasteiger partial charge in [-0.25, -0.2) is 9.98 Å². The zero-order chi connectivity index (χ0) is 21.3. The van der Waals surface area contributed by atoms with E-state index in [2.05, 4.69) is 30.6 Å². The summed E-state index contributed by atoms with van der Waals surface area (Å²) >= 11 is 0. The summed E-state index contributed by atoms with van der Waals surface area (Å²) in [6, 6.07) is 19.3. The Bertz CT molecular complexity index is 949. The van der Waals surface area contributed by atoms with E-state index in [-0.39, 0.29) is 11.9 Å². The first-order valence-corrected chi connectivity index (χ1v) is 9.71. The molecule has 0 fully saturated rings. The molecule has 1 unspecified atom stereocenters. The van der Waals surface area contributed by atoms with E-state index in [9.17, 15) is 0 Å². The summed E-state index contributed by atoms with van der Waals surface area (Å²) < 4.78 is 0. The second-order valence-corrected chi connectivity index (χ2v) is 6.65. The van der Waals surface area contributed by atoms with Gasteiger partial charge in [0.2, 0.25) is 17.9 Å². The largest absolute Gasteiger partial charge is 0.369 e. The highest BCUT2D eigenvalue weighted by molar-refractivity contribution is 6.05. The molecule has 1 atom stereocenters. The van der Waals surface area contributed by atoms with Crippen LogP contribution in [-0.2, 0) is 0 Å². The van der Waals surface area contributed by atoms with Gasteiger partial charge in [-0.3, -0.25) is 0 Å². The summed E-state index contributed by atoms with van der Waals surface area (Å²) in [4.78, 5) is 19.7. The first kappa shape index (κ1) is 20.8. The summed E-state index contributed by atoms with van der Waals surface area (Å²) in [6.45, 7) is 2.79. The SMILES string of the molecule is CCN(C)C1=NC(N=C(N)N=C(N)Nc2ccccc2)CC(Nc2ccccc2)=N1. The van der Waals surface area contributed by atoms with Crippen LogP contribution in [0.4, 0.5) is 11.4 Å². The van der Waals surface area contributed by atoms with Crippen LogP contribution in [-0.4, -0.2) is 48.4 Å². The fourth-order valence-electron chi connectivity index (χ4n) is 2.72. The van der Waals surface area contributed by atoms with Crippen LogP contribution in [0.5, 0.6) is 0 Å². The van der Waals surface area contributed by atoms with Gasteiger partial charge in [0.1, 0.15) is 5.84 Å². The predicted octanol–water partition coefficient (Wildman–Crippen LogP) is 2.28. The Hall–Kier alpha value is -3.88. The third-order valence-corrected chi connectivity index (χ3v) is 4.32. The number of amidine groups is 1. The Labute approximate surface area is 176 Å². The minimum atomic E-state index is -0.453. The molecule has 3 rings (SSSR count). The molecule has 30 heavy (non-hydrogen) atoms. The minimum Gasteiger partial charge on any atom is -0.369 e. The van der Waals surface area contributed by atoms with Crippen LogP contribution in [0.25, 0.3) is 0 Å². The monoisotopic (exact) mass is 405 g/mol. The second-order valence-electron chi connectivity index (χ2n) is 6.65. The van der Waals surface area contributed by atoms with Gasteiger partial charge in [-0.1, -0.05) is 36.4 Å². The van der Waals surface area contributed by atoms with Gasteiger partial charge < -0.3 is 27.0 Å². The van der Waals surface area contributed by atoms with Gasteiger partial charge >= 0.3 is 0 Å². The molecule has 1 aliphatic rings. The molecule has 0 saturated heterocycles. The fraction of sp³-hybridized carbons (Fsp3) is 0.238. The van der Waals surface area contributed by atoms with Gasteiger partial charge in [-0.2, -0.15) is 9.98 Å². The molecule has 156 valence electrons. The molecule has 1 aliphatic heterocycles. The zero-order valence-corrected chi connectivity index (χ0v) is 17.2. The molecule has 0 radical (unpaired) electrons. The number of para-hydroxylation sites is 2. The van der Waals surface area contributed by atoms with Crippen molar-refractivity contribution in [1.82, 2.24) is 4.90 Å². The van der Waals surface area contributed by atoms with Gasteiger partial charge in [0.25, 0.3) is 0 Å². The van der Waals surface area contributed by atoms with Gasteiger partial charge in [0, 0.05) is 31.4 Å². The van der Waals surface area contributed by atoms with E-state index in [0.717, 1.165) is 23.8 Å². The number of anilines is 2. The number of nitrogens with zero attached hydrogens (tertiary/aromatic N) is 5. The number of aliphatic imine (C=N–C) groups is 4. The van der Waals surface area contributed by atoms with Crippen LogP contribution in [0.3, 0.4) is 0 Å². The van der Waals surface area contributed by atoms with Crippen LogP contribution < -0.4 is 22.1 Å². The minimum absolute atomic E-state index is 0.0455. The average molecular weight is 406 g/mol. The van der Waals surface area contributed by atoms with Gasteiger partial charge in [-0.15, -0.1) is 0 Å². The number of hydrogen-bond donors (Lipinski definition) is 4. The highest BCUT2D eigenvalue weighted by Crippen LogP contribution is 2.14. The summed E-state index contributed by atoms with van der Waals surface area (Å²) in [5, 5.41) is 6.30. The first-order valence-electron chi connectivity index (χ1n) is 9.71. The number of benzene rings is 2. The average Bonchev–Trinajstić information content (AvgIpc) is 2.74. The molecule has 0 aliphatic carbocycles. The Balaban J connectivity index is 1.75. The zero-order valence-electron chi connectivity index (χ0n) is 17.2. The second kappa shape index (κ2) is 10.1. The Morgan fingerprint density at radius 3 is 2.33 bits per heavy atom. The maximum absolute atomic E-state index is 6.01. The number of rotatable bonds is 4. The Morgan fingerprint density at radius 2 is 1.70 bits per heavy atom. The molecular formula is C21H27N9. The summed E-state index contributed by atoms with van der Waals surface area (Å²) in [5.41, 5.74) is 13.7. The molecule has 0 saturated carbocycles. The van der Waals surface area contributed by atoms with Crippen molar-refractivity contribution < 1.29 is 0 Å². The number of nitrogens with one attached hydrogen (secondary N) is 2. The van der Waals surface area contributed by atoms with E-state index in [1.165, 1.54) is 0 Å². The topological polar surface area (TPSA) is 129 Å². The van der Waals surface area contributed by atoms with Crippen molar-refractivity contribution in [2.45, 2.75) is 19.5 Å². The fourth-order valence-corrected chi connectivity index (χ4v) is 2.72. The van der Waals surface area contributed by atoms with E-state index >= 15 is 0 Å². The van der Waals surface area contributed by atoms with E-state index in [1.54, 1.807) is 0 Å². The van der Waals surface area contributed by atoms with Crippen molar-refractivity contribution in [3.05, 3.63) is 60.7 Å². The number of hydrogen-bond acceptors (Lipinski definition) is 5. The van der Waals surface area contributed by atoms with E-state index < -0.39 is 6.17 Å². The van der Waals surface area contributed by atoms with Gasteiger partial charge in [0.15, 0.2) is 6.17 Å². The number of nitrogens with two attached hydrogens (primary N) is 2. The van der Waals surface area contributed by atoms with Crippen molar-refractivity contribution in [2.75, 3.05) is 24.2 Å². The predicted molar refractivity (Wildman–Crippen MR) is 125 cm³/mol. The van der Waals surface area contributed by atoms with Crippen LogP contribution >= 0.6 is 0 Å². The van der Waals surface area contributed by atoms with Gasteiger partial charge in [0.05, 0.1) is 0 Å². The molecule has 2 aromatic carbocycles. The molecule has 2 aromatic rings. The van der Waals surface area contributed by atoms with Crippen molar-refractivity contribution in [3.8, 4) is 0 Å². The molecular weight excluding hydrogens is 378 g/mol. The number of guanidine groups is 3. The normalized spacial score (nSPS) is 17.1. The van der Waals surface area contributed by atoms with Crippen LogP contribution in [0, 0.1) is 0 Å².